The van der Waals surface area contributed by atoms with Gasteiger partial charge in [0.05, 0.1) is 12.1 Å². The lowest BCUT2D eigenvalue weighted by molar-refractivity contribution is -0.137. The van der Waals surface area contributed by atoms with Crippen molar-refractivity contribution in [2.45, 2.75) is 52.5 Å². The molecule has 8 nitrogen and oxygen atoms in total. The lowest BCUT2D eigenvalue weighted by Crippen LogP contribution is -2.61. The summed E-state index contributed by atoms with van der Waals surface area (Å²) in [5.41, 5.74) is 12.2. The molecular formula is C25H32F3N5O3. The van der Waals surface area contributed by atoms with Crippen LogP contribution in [-0.2, 0) is 22.3 Å². The Morgan fingerprint density at radius 2 is 1.69 bits per heavy atom. The molecule has 0 aliphatic carbocycles. The van der Waals surface area contributed by atoms with Crippen LogP contribution in [0, 0.1) is 12.3 Å². The second-order valence-electron chi connectivity index (χ2n) is 9.62. The molecule has 36 heavy (non-hydrogen) atoms. The highest BCUT2D eigenvalue weighted by atomic mass is 19.4. The van der Waals surface area contributed by atoms with Crippen LogP contribution in [0.1, 0.15) is 47.8 Å². The normalized spacial score (nSPS) is 13.5. The minimum atomic E-state index is -4.61. The monoisotopic (exact) mass is 507 g/mol. The van der Waals surface area contributed by atoms with Crippen molar-refractivity contribution < 1.29 is 27.6 Å². The molecule has 2 rings (SSSR count). The zero-order chi connectivity index (χ0) is 27.3. The molecule has 0 saturated heterocycles. The second kappa shape index (κ2) is 11.4. The van der Waals surface area contributed by atoms with Crippen LogP contribution >= 0.6 is 0 Å². The van der Waals surface area contributed by atoms with E-state index < -0.39 is 53.5 Å². The fourth-order valence-corrected chi connectivity index (χ4v) is 3.59. The summed E-state index contributed by atoms with van der Waals surface area (Å²) in [5.74, 6) is -2.38. The summed E-state index contributed by atoms with van der Waals surface area (Å²) in [6.45, 7) is 7.26. The van der Waals surface area contributed by atoms with E-state index in [-0.39, 0.29) is 5.56 Å². The number of anilines is 1. The Bertz CT molecular complexity index is 1110. The number of rotatable bonds is 9. The molecule has 2 atom stereocenters. The average molecular weight is 508 g/mol. The van der Waals surface area contributed by atoms with Crippen molar-refractivity contribution in [3.8, 4) is 0 Å². The van der Waals surface area contributed by atoms with E-state index in [4.69, 9.17) is 11.5 Å². The Balaban J connectivity index is 2.08. The molecule has 0 radical (unpaired) electrons. The number of nitrogens with two attached hydrogens (primary N) is 2. The standard InChI is InChI=1S/C25H32F3N5O3/c1-14-8-9-15(10-18(14)29)12-31-21(24(2,3)4)20(22(30)35)33-19(34)13-32-23(36)16-6-5-7-17(11-16)25(26,27)28/h5-11,20-21,31H,12-13,29H2,1-4H3,(H2,30,35)(H,32,36)(H,33,34). The van der Waals surface area contributed by atoms with E-state index in [0.717, 1.165) is 23.3 Å². The number of aryl methyl sites for hydroxylation is 1. The zero-order valence-electron chi connectivity index (χ0n) is 20.6. The van der Waals surface area contributed by atoms with Gasteiger partial charge in [-0.1, -0.05) is 39.0 Å². The first-order valence-corrected chi connectivity index (χ1v) is 11.2. The molecule has 0 heterocycles. The maximum absolute atomic E-state index is 12.9. The Labute approximate surface area is 208 Å². The van der Waals surface area contributed by atoms with Crippen molar-refractivity contribution in [2.24, 2.45) is 11.1 Å². The number of alkyl halides is 3. The summed E-state index contributed by atoms with van der Waals surface area (Å²) < 4.78 is 38.7. The van der Waals surface area contributed by atoms with Gasteiger partial charge in [0.1, 0.15) is 6.04 Å². The molecular weight excluding hydrogens is 475 g/mol. The first kappa shape index (κ1) is 28.6. The van der Waals surface area contributed by atoms with Gasteiger partial charge in [0.2, 0.25) is 11.8 Å². The van der Waals surface area contributed by atoms with Crippen LogP contribution in [0.5, 0.6) is 0 Å². The average Bonchev–Trinajstić information content (AvgIpc) is 2.77. The molecule has 7 N–H and O–H groups in total. The predicted molar refractivity (Wildman–Crippen MR) is 131 cm³/mol. The Kier molecular flexibility index (Phi) is 9.09. The number of halogens is 3. The van der Waals surface area contributed by atoms with Crippen LogP contribution < -0.4 is 27.4 Å². The fourth-order valence-electron chi connectivity index (χ4n) is 3.59. The topological polar surface area (TPSA) is 139 Å². The fraction of sp³-hybridized carbons (Fsp3) is 0.400. The molecule has 0 aliphatic rings. The first-order chi connectivity index (χ1) is 16.6. The third-order valence-electron chi connectivity index (χ3n) is 5.62. The van der Waals surface area contributed by atoms with Crippen molar-refractivity contribution in [3.05, 3.63) is 64.7 Å². The summed E-state index contributed by atoms with van der Waals surface area (Å²) >= 11 is 0. The number of carbonyl (C=O) groups is 3. The number of benzene rings is 2. The van der Waals surface area contributed by atoms with Crippen LogP contribution in [-0.4, -0.2) is 36.3 Å². The SMILES string of the molecule is Cc1ccc(CNC(C(NC(=O)CNC(=O)c2cccc(C(F)(F)F)c2)C(N)=O)C(C)(C)C)cc1N. The van der Waals surface area contributed by atoms with Gasteiger partial charge in [0.15, 0.2) is 0 Å². The Morgan fingerprint density at radius 1 is 1.03 bits per heavy atom. The third kappa shape index (κ3) is 7.98. The van der Waals surface area contributed by atoms with Gasteiger partial charge in [-0.15, -0.1) is 0 Å². The van der Waals surface area contributed by atoms with Crippen molar-refractivity contribution in [3.63, 3.8) is 0 Å². The minimum Gasteiger partial charge on any atom is -0.399 e. The largest absolute Gasteiger partial charge is 0.416 e. The summed E-state index contributed by atoms with van der Waals surface area (Å²) in [6, 6.07) is 7.67. The van der Waals surface area contributed by atoms with Gasteiger partial charge in [0, 0.05) is 23.8 Å². The number of nitrogens with one attached hydrogen (secondary N) is 3. The van der Waals surface area contributed by atoms with Gasteiger partial charge in [-0.3, -0.25) is 14.4 Å². The van der Waals surface area contributed by atoms with Crippen molar-refractivity contribution in [2.75, 3.05) is 12.3 Å². The third-order valence-corrected chi connectivity index (χ3v) is 5.62. The van der Waals surface area contributed by atoms with E-state index >= 15 is 0 Å². The van der Waals surface area contributed by atoms with Crippen LogP contribution in [0.2, 0.25) is 0 Å². The molecule has 2 aromatic rings. The highest BCUT2D eigenvalue weighted by molar-refractivity contribution is 5.97. The number of primary amides is 1. The molecule has 11 heteroatoms. The smallest absolute Gasteiger partial charge is 0.399 e. The number of carbonyl (C=O) groups excluding carboxylic acids is 3. The maximum Gasteiger partial charge on any atom is 0.416 e. The van der Waals surface area contributed by atoms with Crippen LogP contribution in [0.25, 0.3) is 0 Å². The zero-order valence-corrected chi connectivity index (χ0v) is 20.6. The van der Waals surface area contributed by atoms with Gasteiger partial charge in [-0.2, -0.15) is 13.2 Å². The van der Waals surface area contributed by atoms with E-state index in [9.17, 15) is 27.6 Å². The molecule has 196 valence electrons. The summed E-state index contributed by atoms with van der Waals surface area (Å²) in [5, 5.41) is 8.05. The van der Waals surface area contributed by atoms with Gasteiger partial charge in [-0.05, 0) is 47.7 Å². The van der Waals surface area contributed by atoms with Gasteiger partial charge in [-0.25, -0.2) is 0 Å². The molecule has 0 aliphatic heterocycles. The number of amides is 3. The molecule has 0 saturated carbocycles. The maximum atomic E-state index is 12.9. The van der Waals surface area contributed by atoms with Crippen molar-refractivity contribution in [1.82, 2.24) is 16.0 Å². The van der Waals surface area contributed by atoms with E-state index in [0.29, 0.717) is 18.3 Å². The number of nitrogen functional groups attached to an aromatic ring is 1. The molecule has 0 bridgehead atoms. The highest BCUT2D eigenvalue weighted by Gasteiger charge is 2.36. The Morgan fingerprint density at radius 3 is 2.25 bits per heavy atom. The summed E-state index contributed by atoms with van der Waals surface area (Å²) in [4.78, 5) is 37.1. The highest BCUT2D eigenvalue weighted by Crippen LogP contribution is 2.29. The molecule has 3 amide bonds. The lowest BCUT2D eigenvalue weighted by Gasteiger charge is -2.37. The molecule has 0 fully saturated rings. The number of hydrogen-bond acceptors (Lipinski definition) is 5. The quantitative estimate of drug-likeness (QED) is 0.332. The van der Waals surface area contributed by atoms with Gasteiger partial charge >= 0.3 is 6.18 Å². The molecule has 2 aromatic carbocycles. The van der Waals surface area contributed by atoms with Crippen LogP contribution in [0.4, 0.5) is 18.9 Å². The van der Waals surface area contributed by atoms with Crippen LogP contribution in [0.3, 0.4) is 0 Å². The molecule has 0 aromatic heterocycles. The number of hydrogen-bond donors (Lipinski definition) is 5. The van der Waals surface area contributed by atoms with Crippen LogP contribution in [0.15, 0.2) is 42.5 Å². The van der Waals surface area contributed by atoms with Crippen molar-refractivity contribution >= 4 is 23.4 Å². The van der Waals surface area contributed by atoms with E-state index in [1.54, 1.807) is 0 Å². The Hall–Kier alpha value is -3.60. The minimum absolute atomic E-state index is 0.254. The molecule has 0 spiro atoms. The van der Waals surface area contributed by atoms with Gasteiger partial charge in [0.25, 0.3) is 5.91 Å². The molecule has 2 unspecified atom stereocenters. The van der Waals surface area contributed by atoms with E-state index in [1.807, 2.05) is 45.9 Å². The second-order valence-corrected chi connectivity index (χ2v) is 9.62. The summed E-state index contributed by atoms with van der Waals surface area (Å²) in [7, 11) is 0. The lowest BCUT2D eigenvalue weighted by atomic mass is 9.81. The summed E-state index contributed by atoms with van der Waals surface area (Å²) in [6.07, 6.45) is -4.61. The van der Waals surface area contributed by atoms with E-state index in [2.05, 4.69) is 16.0 Å². The van der Waals surface area contributed by atoms with E-state index in [1.165, 1.54) is 6.07 Å². The van der Waals surface area contributed by atoms with Gasteiger partial charge < -0.3 is 27.4 Å². The first-order valence-electron chi connectivity index (χ1n) is 11.2. The van der Waals surface area contributed by atoms with Crippen molar-refractivity contribution in [1.29, 1.82) is 0 Å². The predicted octanol–water partition coefficient (Wildman–Crippen LogP) is 2.50.